The van der Waals surface area contributed by atoms with Gasteiger partial charge in [0.05, 0.1) is 28.5 Å². The van der Waals surface area contributed by atoms with Crippen molar-refractivity contribution >= 4 is 51.8 Å². The highest BCUT2D eigenvalue weighted by molar-refractivity contribution is 6.35. The predicted molar refractivity (Wildman–Crippen MR) is 154 cm³/mol. The van der Waals surface area contributed by atoms with Crippen LogP contribution in [0.2, 0.25) is 10.0 Å². The van der Waals surface area contributed by atoms with Crippen LogP contribution in [0.25, 0.3) is 10.8 Å². The van der Waals surface area contributed by atoms with E-state index in [4.69, 9.17) is 32.9 Å². The molecule has 0 spiro atoms. The lowest BCUT2D eigenvalue weighted by Crippen LogP contribution is -2.42. The minimum absolute atomic E-state index is 0.00528. The minimum Gasteiger partial charge on any atom is -0.396 e. The average molecular weight is 624 g/mol. The molecule has 5 rings (SSSR count). The number of benzene rings is 3. The Morgan fingerprint density at radius 1 is 1.10 bits per heavy atom. The van der Waals surface area contributed by atoms with Crippen molar-refractivity contribution in [2.45, 2.75) is 50.3 Å². The standard InChI is InChI=1S/C30H27Cl2F4N3O3/c31-24-14-19(15-25(32)27(24)33)29(30(34,35)36)16-26(39-42-29)22-10-11-23(21-9-5-4-8-20(21)22)28(40)37-12-13-38-41-17-18-6-2-1-3-7-18/h4-5,8-11,13-15,18H,1-3,6-7,12,16-17H2,(H,37,40). The van der Waals surface area contributed by atoms with Crippen LogP contribution in [0.1, 0.15) is 60.0 Å². The maximum atomic E-state index is 14.5. The number of alkyl halides is 3. The van der Waals surface area contributed by atoms with E-state index in [1.54, 1.807) is 24.3 Å². The van der Waals surface area contributed by atoms with E-state index in [0.29, 0.717) is 34.4 Å². The predicted octanol–water partition coefficient (Wildman–Crippen LogP) is 8.18. The number of halogens is 6. The number of oxime groups is 2. The summed E-state index contributed by atoms with van der Waals surface area (Å²) in [5, 5.41) is 10.4. The van der Waals surface area contributed by atoms with Gasteiger partial charge in [0.15, 0.2) is 5.82 Å². The summed E-state index contributed by atoms with van der Waals surface area (Å²) in [6, 6.07) is 11.5. The van der Waals surface area contributed by atoms with Crippen LogP contribution in [0.5, 0.6) is 0 Å². The second kappa shape index (κ2) is 12.5. The van der Waals surface area contributed by atoms with Gasteiger partial charge in [-0.15, -0.1) is 0 Å². The largest absolute Gasteiger partial charge is 0.435 e. The number of carbonyl (C=O) groups excluding carboxylic acids is 1. The maximum absolute atomic E-state index is 14.5. The first-order valence-corrected chi connectivity index (χ1v) is 14.3. The molecule has 222 valence electrons. The van der Waals surface area contributed by atoms with Gasteiger partial charge in [0, 0.05) is 23.1 Å². The molecule has 1 unspecified atom stereocenters. The minimum atomic E-state index is -4.94. The first-order chi connectivity index (χ1) is 20.1. The smallest absolute Gasteiger partial charge is 0.396 e. The third kappa shape index (κ3) is 6.06. The summed E-state index contributed by atoms with van der Waals surface area (Å²) in [6.45, 7) is 0.692. The highest BCUT2D eigenvalue weighted by atomic mass is 35.5. The van der Waals surface area contributed by atoms with Gasteiger partial charge in [0.25, 0.3) is 11.5 Å². The fourth-order valence-electron chi connectivity index (χ4n) is 5.41. The Morgan fingerprint density at radius 3 is 2.48 bits per heavy atom. The summed E-state index contributed by atoms with van der Waals surface area (Å²) in [6.07, 6.45) is 1.77. The highest BCUT2D eigenvalue weighted by Gasteiger charge is 2.62. The lowest BCUT2D eigenvalue weighted by atomic mass is 9.85. The molecule has 1 aliphatic heterocycles. The molecule has 0 saturated heterocycles. The van der Waals surface area contributed by atoms with Crippen LogP contribution >= 0.6 is 23.2 Å². The molecule has 6 nitrogen and oxygen atoms in total. The van der Waals surface area contributed by atoms with Gasteiger partial charge in [0.2, 0.25) is 0 Å². The molecule has 1 saturated carbocycles. The van der Waals surface area contributed by atoms with Crippen molar-refractivity contribution in [2.24, 2.45) is 16.2 Å². The van der Waals surface area contributed by atoms with Crippen LogP contribution in [0.4, 0.5) is 17.6 Å². The molecule has 1 amide bonds. The van der Waals surface area contributed by atoms with Crippen LogP contribution in [0.3, 0.4) is 0 Å². The summed E-state index contributed by atoms with van der Waals surface area (Å²) in [5.74, 6) is -0.907. The zero-order chi connectivity index (χ0) is 29.9. The van der Waals surface area contributed by atoms with Crippen LogP contribution in [-0.4, -0.2) is 37.2 Å². The molecule has 3 aromatic carbocycles. The third-order valence-electron chi connectivity index (χ3n) is 7.65. The zero-order valence-corrected chi connectivity index (χ0v) is 23.8. The summed E-state index contributed by atoms with van der Waals surface area (Å²) >= 11 is 11.6. The highest BCUT2D eigenvalue weighted by Crippen LogP contribution is 2.50. The average Bonchev–Trinajstić information content (AvgIpc) is 3.44. The first-order valence-electron chi connectivity index (χ1n) is 13.5. The monoisotopic (exact) mass is 623 g/mol. The Hall–Kier alpha value is -3.37. The summed E-state index contributed by atoms with van der Waals surface area (Å²) in [4.78, 5) is 23.5. The van der Waals surface area contributed by atoms with E-state index in [1.165, 1.54) is 37.6 Å². The Bertz CT molecular complexity index is 1520. The summed E-state index contributed by atoms with van der Waals surface area (Å²) in [5.41, 5.74) is -2.74. The molecule has 1 heterocycles. The Morgan fingerprint density at radius 2 is 1.79 bits per heavy atom. The van der Waals surface area contributed by atoms with Gasteiger partial charge in [-0.1, -0.05) is 83.1 Å². The summed E-state index contributed by atoms with van der Waals surface area (Å²) < 4.78 is 57.4. The molecule has 1 aliphatic carbocycles. The van der Waals surface area contributed by atoms with E-state index >= 15 is 0 Å². The molecular formula is C30H27Cl2F4N3O3. The van der Waals surface area contributed by atoms with Gasteiger partial charge in [-0.05, 0) is 47.7 Å². The van der Waals surface area contributed by atoms with Crippen molar-refractivity contribution < 1.29 is 32.0 Å². The number of nitrogens with one attached hydrogen (secondary N) is 1. The van der Waals surface area contributed by atoms with E-state index in [2.05, 4.69) is 15.6 Å². The number of nitrogens with zero attached hydrogens (tertiary/aromatic N) is 2. The quantitative estimate of drug-likeness (QED) is 0.119. The zero-order valence-electron chi connectivity index (χ0n) is 22.3. The second-order valence-electron chi connectivity index (χ2n) is 10.4. The normalized spacial score (nSPS) is 19.6. The molecule has 3 aromatic rings. The number of carbonyl (C=O) groups is 1. The van der Waals surface area contributed by atoms with E-state index in [0.717, 1.165) is 25.0 Å². The SMILES string of the molecule is O=C(NCC=NOCC1CCCCC1)c1ccc(C2=NOC(c3cc(Cl)c(F)c(Cl)c3)(C(F)(F)F)C2)c2ccccc12. The van der Waals surface area contributed by atoms with Gasteiger partial charge < -0.3 is 15.0 Å². The van der Waals surface area contributed by atoms with Crippen LogP contribution in [0.15, 0.2) is 58.8 Å². The van der Waals surface area contributed by atoms with Crippen molar-refractivity contribution in [1.82, 2.24) is 5.32 Å². The Labute approximate surface area is 249 Å². The van der Waals surface area contributed by atoms with Crippen molar-refractivity contribution in [2.75, 3.05) is 13.2 Å². The van der Waals surface area contributed by atoms with Crippen molar-refractivity contribution in [3.63, 3.8) is 0 Å². The molecule has 2 aliphatic rings. The fourth-order valence-corrected chi connectivity index (χ4v) is 5.90. The topological polar surface area (TPSA) is 72.3 Å². The van der Waals surface area contributed by atoms with Crippen molar-refractivity contribution in [3.8, 4) is 0 Å². The molecule has 1 N–H and O–H groups in total. The molecule has 0 bridgehead atoms. The molecular weight excluding hydrogens is 597 g/mol. The number of hydrogen-bond donors (Lipinski definition) is 1. The molecule has 0 aromatic heterocycles. The lowest BCUT2D eigenvalue weighted by molar-refractivity contribution is -0.275. The summed E-state index contributed by atoms with van der Waals surface area (Å²) in [7, 11) is 0. The molecule has 1 fully saturated rings. The number of rotatable bonds is 8. The van der Waals surface area contributed by atoms with Gasteiger partial charge in [0.1, 0.15) is 6.61 Å². The maximum Gasteiger partial charge on any atom is 0.435 e. The van der Waals surface area contributed by atoms with Crippen LogP contribution in [-0.2, 0) is 15.3 Å². The molecule has 12 heteroatoms. The van der Waals surface area contributed by atoms with Crippen molar-refractivity contribution in [3.05, 3.63) is 81.1 Å². The van der Waals surface area contributed by atoms with E-state index < -0.39 is 39.6 Å². The van der Waals surface area contributed by atoms with Crippen LogP contribution < -0.4 is 5.32 Å². The number of fused-ring (bicyclic) bond motifs is 1. The van der Waals surface area contributed by atoms with Gasteiger partial charge in [-0.3, -0.25) is 4.79 Å². The van der Waals surface area contributed by atoms with Gasteiger partial charge >= 0.3 is 6.18 Å². The molecule has 42 heavy (non-hydrogen) atoms. The second-order valence-corrected chi connectivity index (χ2v) is 11.2. The number of hydrogen-bond acceptors (Lipinski definition) is 5. The Kier molecular flexibility index (Phi) is 8.94. The van der Waals surface area contributed by atoms with E-state index in [1.807, 2.05) is 0 Å². The van der Waals surface area contributed by atoms with Crippen LogP contribution in [0, 0.1) is 11.7 Å². The fraction of sp³-hybridized carbons (Fsp3) is 0.367. The lowest BCUT2D eigenvalue weighted by Gasteiger charge is -2.29. The van der Waals surface area contributed by atoms with E-state index in [-0.39, 0.29) is 18.2 Å². The van der Waals surface area contributed by atoms with Gasteiger partial charge in [-0.2, -0.15) is 13.2 Å². The van der Waals surface area contributed by atoms with Gasteiger partial charge in [-0.25, -0.2) is 4.39 Å². The van der Waals surface area contributed by atoms with Crippen molar-refractivity contribution in [1.29, 1.82) is 0 Å². The first kappa shape index (κ1) is 30.1. The Balaban J connectivity index is 1.33. The molecule has 0 radical (unpaired) electrons. The molecule has 1 atom stereocenters. The van der Waals surface area contributed by atoms with E-state index in [9.17, 15) is 22.4 Å². The third-order valence-corrected chi connectivity index (χ3v) is 8.20. The number of amides is 1.